The van der Waals surface area contributed by atoms with Crippen molar-refractivity contribution in [3.63, 3.8) is 0 Å². The van der Waals surface area contributed by atoms with Crippen LogP contribution in [0, 0.1) is 0 Å². The zero-order valence-corrected chi connectivity index (χ0v) is 46.1. The molecule has 1 aliphatic heterocycles. The van der Waals surface area contributed by atoms with Crippen molar-refractivity contribution in [2.24, 2.45) is 0 Å². The van der Waals surface area contributed by atoms with E-state index in [1.165, 1.54) is 44.9 Å². The first-order chi connectivity index (χ1) is 35.6. The number of carboxylic acids is 1. The third-order valence-corrected chi connectivity index (χ3v) is 13.0. The standard InChI is InChI=1S/C61H104O12/c1-4-7-10-13-16-19-22-25-26-27-28-31-34-37-40-43-46-49-55(64)72-59-57(66)56(65)58(60(67)68)73-61(59)70-51-52(71-54(63)48-45-42-39-36-33-30-24-21-18-15-12-9-6-3)50-69-53(62)47-44-41-38-35-32-29-23-20-17-14-11-8-5-2/h11,14,16,19-21,23-26,52,56-59,61,65-66H,4-10,12-13,15,17-18,22,27-51H2,1-3H3,(H,67,68)/b14-11-,19-16-,23-20-,24-21-,26-25-. The van der Waals surface area contributed by atoms with Gasteiger partial charge in [0.1, 0.15) is 18.8 Å². The molecule has 0 aromatic carbocycles. The summed E-state index contributed by atoms with van der Waals surface area (Å²) in [5.74, 6) is -3.15. The lowest BCUT2D eigenvalue weighted by atomic mass is 9.98. The van der Waals surface area contributed by atoms with Crippen LogP contribution in [0.2, 0.25) is 0 Å². The molecule has 1 rings (SSSR count). The highest BCUT2D eigenvalue weighted by Crippen LogP contribution is 2.26. The van der Waals surface area contributed by atoms with E-state index < -0.39 is 67.3 Å². The predicted molar refractivity (Wildman–Crippen MR) is 294 cm³/mol. The topological polar surface area (TPSA) is 175 Å². The van der Waals surface area contributed by atoms with E-state index in [2.05, 4.69) is 81.5 Å². The van der Waals surface area contributed by atoms with Crippen LogP contribution in [0.1, 0.15) is 252 Å². The second kappa shape index (κ2) is 49.3. The Morgan fingerprint density at radius 3 is 1.33 bits per heavy atom. The molecule has 420 valence electrons. The summed E-state index contributed by atoms with van der Waals surface area (Å²) >= 11 is 0. The lowest BCUT2D eigenvalue weighted by Gasteiger charge is -2.40. The van der Waals surface area contributed by atoms with Gasteiger partial charge in [0.05, 0.1) is 6.61 Å². The number of aliphatic carboxylic acids is 1. The van der Waals surface area contributed by atoms with Gasteiger partial charge in [-0.15, -0.1) is 0 Å². The SMILES string of the molecule is CCC/C=C\C/C=C\CCCCCCCC(=O)OCC(COC1OC(C(=O)O)C(O)C(O)C1OC(=O)CCCCCCCCC/C=C\C/C=C\CCCCC)OC(=O)CCCCCCC/C=C\CCCCCC. The summed E-state index contributed by atoms with van der Waals surface area (Å²) in [6.45, 7) is 5.87. The predicted octanol–water partition coefficient (Wildman–Crippen LogP) is 14.8. The third kappa shape index (κ3) is 39.5. The van der Waals surface area contributed by atoms with Crippen molar-refractivity contribution in [1.29, 1.82) is 0 Å². The van der Waals surface area contributed by atoms with Crippen LogP contribution in [0.5, 0.6) is 0 Å². The molecule has 1 aliphatic rings. The first-order valence-electron chi connectivity index (χ1n) is 29.3. The lowest BCUT2D eigenvalue weighted by molar-refractivity contribution is -0.301. The van der Waals surface area contributed by atoms with Gasteiger partial charge in [-0.25, -0.2) is 4.79 Å². The first-order valence-corrected chi connectivity index (χ1v) is 29.3. The zero-order chi connectivity index (χ0) is 53.3. The van der Waals surface area contributed by atoms with Crippen molar-refractivity contribution in [2.75, 3.05) is 13.2 Å². The van der Waals surface area contributed by atoms with Crippen LogP contribution in [-0.2, 0) is 42.9 Å². The molecular weight excluding hydrogens is 925 g/mol. The van der Waals surface area contributed by atoms with Gasteiger partial charge < -0.3 is 39.0 Å². The van der Waals surface area contributed by atoms with Gasteiger partial charge in [-0.1, -0.05) is 191 Å². The fraction of sp³-hybridized carbons (Fsp3) is 0.770. The highest BCUT2D eigenvalue weighted by Gasteiger charge is 2.50. The monoisotopic (exact) mass is 1030 g/mol. The number of allylic oxidation sites excluding steroid dienone is 10. The van der Waals surface area contributed by atoms with Crippen molar-refractivity contribution in [3.8, 4) is 0 Å². The summed E-state index contributed by atoms with van der Waals surface area (Å²) in [6.07, 6.45) is 47.6. The van der Waals surface area contributed by atoms with E-state index in [1.807, 2.05) is 0 Å². The minimum absolute atomic E-state index is 0.0489. The molecule has 3 N–H and O–H groups in total. The van der Waals surface area contributed by atoms with Crippen molar-refractivity contribution in [3.05, 3.63) is 60.8 Å². The highest BCUT2D eigenvalue weighted by atomic mass is 16.7. The molecule has 0 radical (unpaired) electrons. The maximum Gasteiger partial charge on any atom is 0.335 e. The molecule has 0 bridgehead atoms. The van der Waals surface area contributed by atoms with Gasteiger partial charge in [0.15, 0.2) is 24.6 Å². The summed E-state index contributed by atoms with van der Waals surface area (Å²) in [5.41, 5.74) is 0. The second-order valence-corrected chi connectivity index (χ2v) is 19.9. The van der Waals surface area contributed by atoms with E-state index >= 15 is 0 Å². The molecule has 0 spiro atoms. The van der Waals surface area contributed by atoms with Gasteiger partial charge >= 0.3 is 23.9 Å². The summed E-state index contributed by atoms with van der Waals surface area (Å²) in [4.78, 5) is 51.0. The van der Waals surface area contributed by atoms with Gasteiger partial charge in [-0.2, -0.15) is 0 Å². The van der Waals surface area contributed by atoms with Crippen LogP contribution in [0.25, 0.3) is 0 Å². The van der Waals surface area contributed by atoms with E-state index in [0.29, 0.717) is 19.3 Å². The minimum atomic E-state index is -1.91. The molecule has 12 heteroatoms. The minimum Gasteiger partial charge on any atom is -0.479 e. The van der Waals surface area contributed by atoms with Gasteiger partial charge in [-0.3, -0.25) is 14.4 Å². The molecule has 0 amide bonds. The van der Waals surface area contributed by atoms with Crippen molar-refractivity contribution >= 4 is 23.9 Å². The molecule has 1 heterocycles. The molecule has 12 nitrogen and oxygen atoms in total. The smallest absolute Gasteiger partial charge is 0.335 e. The van der Waals surface area contributed by atoms with Crippen LogP contribution >= 0.6 is 0 Å². The number of unbranched alkanes of at least 4 members (excludes halogenated alkanes) is 25. The Kier molecular flexibility index (Phi) is 45.5. The molecule has 0 aromatic rings. The summed E-state index contributed by atoms with van der Waals surface area (Å²) < 4.78 is 28.4. The highest BCUT2D eigenvalue weighted by molar-refractivity contribution is 5.74. The number of carboxylic acid groups (broad SMARTS) is 1. The molecule has 0 aliphatic carbocycles. The fourth-order valence-electron chi connectivity index (χ4n) is 8.49. The normalized spacial score (nSPS) is 18.7. The average molecular weight is 1030 g/mol. The molecule has 0 saturated carbocycles. The fourth-order valence-corrected chi connectivity index (χ4v) is 8.49. The van der Waals surface area contributed by atoms with E-state index in [9.17, 15) is 34.5 Å². The molecule has 6 atom stereocenters. The molecule has 73 heavy (non-hydrogen) atoms. The van der Waals surface area contributed by atoms with Gasteiger partial charge in [0.25, 0.3) is 0 Å². The number of ether oxygens (including phenoxy) is 5. The Hall–Kier alpha value is -3.58. The number of hydrogen-bond acceptors (Lipinski definition) is 11. The third-order valence-electron chi connectivity index (χ3n) is 13.0. The Labute approximate surface area is 443 Å². The summed E-state index contributed by atoms with van der Waals surface area (Å²) in [6, 6.07) is 0. The Morgan fingerprint density at radius 2 is 0.849 bits per heavy atom. The van der Waals surface area contributed by atoms with Crippen molar-refractivity contribution < 1.29 is 58.2 Å². The second-order valence-electron chi connectivity index (χ2n) is 19.9. The molecule has 6 unspecified atom stereocenters. The number of hydrogen-bond donors (Lipinski definition) is 3. The summed E-state index contributed by atoms with van der Waals surface area (Å²) in [5, 5.41) is 31.5. The number of carbonyl (C=O) groups is 4. The summed E-state index contributed by atoms with van der Waals surface area (Å²) in [7, 11) is 0. The number of aliphatic hydroxyl groups is 2. The Balaban J connectivity index is 2.70. The lowest BCUT2D eigenvalue weighted by Crippen LogP contribution is -2.61. The Bertz CT molecular complexity index is 1500. The van der Waals surface area contributed by atoms with E-state index in [1.54, 1.807) is 0 Å². The van der Waals surface area contributed by atoms with E-state index in [-0.39, 0.29) is 25.9 Å². The zero-order valence-electron chi connectivity index (χ0n) is 46.1. The quantitative estimate of drug-likeness (QED) is 0.0228. The van der Waals surface area contributed by atoms with Gasteiger partial charge in [-0.05, 0) is 103 Å². The average Bonchev–Trinajstić information content (AvgIpc) is 3.37. The molecular formula is C61H104O12. The van der Waals surface area contributed by atoms with Gasteiger partial charge in [0, 0.05) is 19.3 Å². The molecule has 0 aromatic heterocycles. The van der Waals surface area contributed by atoms with Crippen molar-refractivity contribution in [1.82, 2.24) is 0 Å². The van der Waals surface area contributed by atoms with E-state index in [0.717, 1.165) is 148 Å². The van der Waals surface area contributed by atoms with E-state index in [4.69, 9.17) is 23.7 Å². The van der Waals surface area contributed by atoms with Crippen LogP contribution in [-0.4, -0.2) is 89.2 Å². The van der Waals surface area contributed by atoms with Crippen LogP contribution in [0.4, 0.5) is 0 Å². The molecule has 1 fully saturated rings. The van der Waals surface area contributed by atoms with Crippen LogP contribution in [0.3, 0.4) is 0 Å². The number of carbonyl (C=O) groups excluding carboxylic acids is 3. The maximum atomic E-state index is 13.1. The number of rotatable bonds is 49. The number of aliphatic hydroxyl groups excluding tert-OH is 2. The first kappa shape index (κ1) is 67.4. The van der Waals surface area contributed by atoms with Gasteiger partial charge in [0.2, 0.25) is 0 Å². The Morgan fingerprint density at radius 1 is 0.452 bits per heavy atom. The van der Waals surface area contributed by atoms with Crippen LogP contribution in [0.15, 0.2) is 60.8 Å². The van der Waals surface area contributed by atoms with Crippen LogP contribution < -0.4 is 0 Å². The maximum absolute atomic E-state index is 13.1. The van der Waals surface area contributed by atoms with Crippen molar-refractivity contribution in [2.45, 2.75) is 289 Å². The molecule has 1 saturated heterocycles. The number of esters is 3. The largest absolute Gasteiger partial charge is 0.479 e.